The highest BCUT2D eigenvalue weighted by Crippen LogP contribution is 2.17. The molecule has 2 amide bonds. The van der Waals surface area contributed by atoms with E-state index >= 15 is 0 Å². The van der Waals surface area contributed by atoms with Gasteiger partial charge in [0.2, 0.25) is 0 Å². The van der Waals surface area contributed by atoms with Gasteiger partial charge in [0.05, 0.1) is 5.52 Å². The van der Waals surface area contributed by atoms with E-state index in [-0.39, 0.29) is 11.6 Å². The SMILES string of the molecule is CCN(CC)C(=O)Nc1ccc2cc(C)c(=O)[nH]c2c1. The van der Waals surface area contributed by atoms with Gasteiger partial charge < -0.3 is 15.2 Å². The Bertz CT molecular complexity index is 687. The van der Waals surface area contributed by atoms with Gasteiger partial charge in [-0.2, -0.15) is 0 Å². The molecule has 0 atom stereocenters. The number of anilines is 1. The molecule has 0 unspecified atom stereocenters. The first kappa shape index (κ1) is 14.1. The second-order valence-electron chi connectivity index (χ2n) is 4.69. The minimum atomic E-state index is -0.135. The molecule has 0 fully saturated rings. The highest BCUT2D eigenvalue weighted by molar-refractivity contribution is 5.92. The Morgan fingerprint density at radius 3 is 2.60 bits per heavy atom. The van der Waals surface area contributed by atoms with Gasteiger partial charge in [-0.05, 0) is 44.4 Å². The number of carbonyl (C=O) groups excluding carboxylic acids is 1. The molecular weight excluding hydrogens is 254 g/mol. The van der Waals surface area contributed by atoms with Crippen molar-refractivity contribution in [2.45, 2.75) is 20.8 Å². The topological polar surface area (TPSA) is 65.2 Å². The number of aromatic nitrogens is 1. The largest absolute Gasteiger partial charge is 0.325 e. The zero-order valence-electron chi connectivity index (χ0n) is 12.0. The van der Waals surface area contributed by atoms with Crippen molar-refractivity contribution in [3.63, 3.8) is 0 Å². The van der Waals surface area contributed by atoms with Crippen LogP contribution in [0, 0.1) is 6.92 Å². The molecule has 1 aromatic carbocycles. The van der Waals surface area contributed by atoms with Crippen molar-refractivity contribution in [3.8, 4) is 0 Å². The van der Waals surface area contributed by atoms with E-state index in [0.29, 0.717) is 24.3 Å². The van der Waals surface area contributed by atoms with Crippen molar-refractivity contribution < 1.29 is 4.79 Å². The van der Waals surface area contributed by atoms with Crippen LogP contribution in [0.3, 0.4) is 0 Å². The number of pyridine rings is 1. The van der Waals surface area contributed by atoms with Crippen LogP contribution in [0.2, 0.25) is 0 Å². The van der Waals surface area contributed by atoms with Crippen molar-refractivity contribution in [3.05, 3.63) is 40.2 Å². The third-order valence-electron chi connectivity index (χ3n) is 3.33. The summed E-state index contributed by atoms with van der Waals surface area (Å²) >= 11 is 0. The molecule has 1 heterocycles. The van der Waals surface area contributed by atoms with Crippen LogP contribution in [0.15, 0.2) is 29.1 Å². The number of benzene rings is 1. The zero-order chi connectivity index (χ0) is 14.7. The fourth-order valence-electron chi connectivity index (χ4n) is 2.10. The van der Waals surface area contributed by atoms with E-state index in [0.717, 1.165) is 10.9 Å². The number of amides is 2. The lowest BCUT2D eigenvalue weighted by atomic mass is 10.1. The number of rotatable bonds is 3. The van der Waals surface area contributed by atoms with E-state index in [2.05, 4.69) is 10.3 Å². The fourth-order valence-corrected chi connectivity index (χ4v) is 2.10. The summed E-state index contributed by atoms with van der Waals surface area (Å²) in [7, 11) is 0. The number of urea groups is 1. The molecule has 0 radical (unpaired) electrons. The van der Waals surface area contributed by atoms with E-state index in [1.165, 1.54) is 0 Å². The van der Waals surface area contributed by atoms with Gasteiger partial charge in [-0.15, -0.1) is 0 Å². The van der Waals surface area contributed by atoms with E-state index in [1.807, 2.05) is 32.0 Å². The van der Waals surface area contributed by atoms with Crippen LogP contribution in [0.5, 0.6) is 0 Å². The van der Waals surface area contributed by atoms with Crippen LogP contribution in [0.25, 0.3) is 10.9 Å². The first-order valence-corrected chi connectivity index (χ1v) is 6.74. The Hall–Kier alpha value is -2.30. The Morgan fingerprint density at radius 2 is 1.95 bits per heavy atom. The molecule has 20 heavy (non-hydrogen) atoms. The van der Waals surface area contributed by atoms with Gasteiger partial charge >= 0.3 is 6.03 Å². The van der Waals surface area contributed by atoms with Crippen LogP contribution in [0.1, 0.15) is 19.4 Å². The summed E-state index contributed by atoms with van der Waals surface area (Å²) in [4.78, 5) is 28.1. The Morgan fingerprint density at radius 1 is 1.25 bits per heavy atom. The molecule has 5 heteroatoms. The molecule has 0 aliphatic heterocycles. The lowest BCUT2D eigenvalue weighted by Gasteiger charge is -2.19. The lowest BCUT2D eigenvalue weighted by molar-refractivity contribution is 0.217. The van der Waals surface area contributed by atoms with E-state index in [4.69, 9.17) is 0 Å². The van der Waals surface area contributed by atoms with E-state index < -0.39 is 0 Å². The average Bonchev–Trinajstić information content (AvgIpc) is 2.42. The molecule has 2 aromatic rings. The summed E-state index contributed by atoms with van der Waals surface area (Å²) in [5.74, 6) is 0. The molecule has 2 N–H and O–H groups in total. The number of hydrogen-bond acceptors (Lipinski definition) is 2. The average molecular weight is 273 g/mol. The van der Waals surface area contributed by atoms with Crippen LogP contribution < -0.4 is 10.9 Å². The first-order valence-electron chi connectivity index (χ1n) is 6.74. The molecule has 0 saturated heterocycles. The number of H-pyrrole nitrogens is 1. The number of nitrogens with one attached hydrogen (secondary N) is 2. The number of nitrogens with zero attached hydrogens (tertiary/aromatic N) is 1. The van der Waals surface area contributed by atoms with Gasteiger partial charge in [-0.3, -0.25) is 4.79 Å². The number of hydrogen-bond donors (Lipinski definition) is 2. The third-order valence-corrected chi connectivity index (χ3v) is 3.33. The van der Waals surface area contributed by atoms with Crippen molar-refractivity contribution >= 4 is 22.6 Å². The molecule has 2 rings (SSSR count). The minimum absolute atomic E-state index is 0.107. The Labute approximate surface area is 117 Å². The van der Waals surface area contributed by atoms with Crippen molar-refractivity contribution in [2.24, 2.45) is 0 Å². The van der Waals surface area contributed by atoms with Crippen LogP contribution >= 0.6 is 0 Å². The normalized spacial score (nSPS) is 10.6. The number of aryl methyl sites for hydroxylation is 1. The second kappa shape index (κ2) is 5.77. The predicted molar refractivity (Wildman–Crippen MR) is 81.2 cm³/mol. The molecule has 1 aromatic heterocycles. The summed E-state index contributed by atoms with van der Waals surface area (Å²) in [5, 5.41) is 3.78. The molecule has 0 aliphatic rings. The second-order valence-corrected chi connectivity index (χ2v) is 4.69. The van der Waals surface area contributed by atoms with Gasteiger partial charge in [0.15, 0.2) is 0 Å². The Kier molecular flexibility index (Phi) is 4.08. The number of fused-ring (bicyclic) bond motifs is 1. The summed E-state index contributed by atoms with van der Waals surface area (Å²) in [6.07, 6.45) is 0. The van der Waals surface area contributed by atoms with Crippen LogP contribution in [0.4, 0.5) is 10.5 Å². The van der Waals surface area contributed by atoms with Crippen LogP contribution in [-0.2, 0) is 0 Å². The summed E-state index contributed by atoms with van der Waals surface area (Å²) in [5.41, 5.74) is 1.97. The van der Waals surface area contributed by atoms with Gasteiger partial charge in [0.1, 0.15) is 0 Å². The highest BCUT2D eigenvalue weighted by atomic mass is 16.2. The molecule has 106 valence electrons. The van der Waals surface area contributed by atoms with Gasteiger partial charge in [-0.1, -0.05) is 6.07 Å². The molecule has 0 saturated carbocycles. The van der Waals surface area contributed by atoms with Crippen molar-refractivity contribution in [1.29, 1.82) is 0 Å². The highest BCUT2D eigenvalue weighted by Gasteiger charge is 2.09. The monoisotopic (exact) mass is 273 g/mol. The number of aromatic amines is 1. The third kappa shape index (κ3) is 2.82. The summed E-state index contributed by atoms with van der Waals surface area (Å²) in [6, 6.07) is 7.20. The fraction of sp³-hybridized carbons (Fsp3) is 0.333. The van der Waals surface area contributed by atoms with E-state index in [1.54, 1.807) is 17.9 Å². The molecular formula is C15H19N3O2. The molecule has 0 aliphatic carbocycles. The molecule has 5 nitrogen and oxygen atoms in total. The van der Waals surface area contributed by atoms with Gasteiger partial charge in [0, 0.05) is 24.3 Å². The van der Waals surface area contributed by atoms with Crippen molar-refractivity contribution in [1.82, 2.24) is 9.88 Å². The maximum atomic E-state index is 12.0. The summed E-state index contributed by atoms with van der Waals surface area (Å²) < 4.78 is 0. The van der Waals surface area contributed by atoms with Gasteiger partial charge in [-0.25, -0.2) is 4.79 Å². The van der Waals surface area contributed by atoms with E-state index in [9.17, 15) is 9.59 Å². The van der Waals surface area contributed by atoms with Crippen molar-refractivity contribution in [2.75, 3.05) is 18.4 Å². The first-order chi connectivity index (χ1) is 9.55. The number of carbonyl (C=O) groups is 1. The maximum Gasteiger partial charge on any atom is 0.321 e. The lowest BCUT2D eigenvalue weighted by Crippen LogP contribution is -2.34. The zero-order valence-corrected chi connectivity index (χ0v) is 12.0. The molecule has 0 bridgehead atoms. The predicted octanol–water partition coefficient (Wildman–Crippen LogP) is 2.71. The summed E-state index contributed by atoms with van der Waals surface area (Å²) in [6.45, 7) is 6.96. The maximum absolute atomic E-state index is 12.0. The van der Waals surface area contributed by atoms with Gasteiger partial charge in [0.25, 0.3) is 5.56 Å². The quantitative estimate of drug-likeness (QED) is 0.903. The minimum Gasteiger partial charge on any atom is -0.325 e. The molecule has 0 spiro atoms. The standard InChI is InChI=1S/C15H19N3O2/c1-4-18(5-2)15(20)16-12-7-6-11-8-10(3)14(19)17-13(11)9-12/h6-9H,4-5H2,1-3H3,(H,16,20)(H,17,19). The smallest absolute Gasteiger partial charge is 0.321 e. The van der Waals surface area contributed by atoms with Crippen LogP contribution in [-0.4, -0.2) is 29.0 Å². The Balaban J connectivity index is 2.30.